The maximum atomic E-state index is 11.6. The van der Waals surface area contributed by atoms with Gasteiger partial charge >= 0.3 is 5.97 Å². The lowest BCUT2D eigenvalue weighted by atomic mass is 9.88. The average molecular weight is 262 g/mol. The highest BCUT2D eigenvalue weighted by Crippen LogP contribution is 2.33. The maximum absolute atomic E-state index is 11.6. The van der Waals surface area contributed by atoms with Gasteiger partial charge in [-0.3, -0.25) is 4.79 Å². The Morgan fingerprint density at radius 2 is 2.32 bits per heavy atom. The van der Waals surface area contributed by atoms with Gasteiger partial charge in [-0.1, -0.05) is 24.8 Å². The minimum Gasteiger partial charge on any atom is -0.458 e. The van der Waals surface area contributed by atoms with Crippen LogP contribution in [0.2, 0.25) is 0 Å². The van der Waals surface area contributed by atoms with Gasteiger partial charge in [-0.15, -0.1) is 0 Å². The predicted molar refractivity (Wildman–Crippen MR) is 70.3 cm³/mol. The third kappa shape index (κ3) is 3.01. The Labute approximate surface area is 112 Å². The molecule has 0 aromatic carbocycles. The van der Waals surface area contributed by atoms with Gasteiger partial charge in [-0.05, 0) is 25.3 Å². The summed E-state index contributed by atoms with van der Waals surface area (Å²) >= 11 is 0. The molecule has 4 nitrogen and oxygen atoms in total. The first-order valence-electron chi connectivity index (χ1n) is 6.39. The lowest BCUT2D eigenvalue weighted by molar-refractivity contribution is -0.139. The molecule has 0 aromatic heterocycles. The van der Waals surface area contributed by atoms with Crippen molar-refractivity contribution in [3.63, 3.8) is 0 Å². The highest BCUT2D eigenvalue weighted by molar-refractivity contribution is 5.91. The van der Waals surface area contributed by atoms with Crippen molar-refractivity contribution in [2.75, 3.05) is 0 Å². The molecule has 1 saturated heterocycles. The molecule has 1 heterocycles. The standard InChI is InChI=1S/C15H18O4/c1-10-12-5-7-15(2,18)6-3-4-11(9-16)8-13(12)19-14(10)17/h4-5,7,9,12-13,18H,1,3,6,8H2,2H3/b7-5+,11-4+/t12-,13-,15+/m1/s1. The summed E-state index contributed by atoms with van der Waals surface area (Å²) in [5.41, 5.74) is 0.0182. The Kier molecular flexibility index (Phi) is 3.71. The summed E-state index contributed by atoms with van der Waals surface area (Å²) < 4.78 is 5.24. The molecule has 2 aliphatic rings. The van der Waals surface area contributed by atoms with Crippen LogP contribution in [0.4, 0.5) is 0 Å². The maximum Gasteiger partial charge on any atom is 0.334 e. The van der Waals surface area contributed by atoms with Gasteiger partial charge in [0.05, 0.1) is 5.60 Å². The van der Waals surface area contributed by atoms with E-state index in [4.69, 9.17) is 4.74 Å². The van der Waals surface area contributed by atoms with Crippen LogP contribution in [0.25, 0.3) is 0 Å². The number of fused-ring (bicyclic) bond motifs is 1. The van der Waals surface area contributed by atoms with Crippen molar-refractivity contribution in [3.8, 4) is 0 Å². The molecule has 4 heteroatoms. The number of carbonyl (C=O) groups is 2. The van der Waals surface area contributed by atoms with Crippen LogP contribution in [-0.4, -0.2) is 29.1 Å². The molecule has 0 radical (unpaired) electrons. The molecule has 2 rings (SSSR count). The SMILES string of the molecule is C=C1C(=O)O[C@@H]2C/C(C=O)=C\CC[C@](C)(O)/C=C/[C@H]12. The Hall–Kier alpha value is -1.68. The van der Waals surface area contributed by atoms with Crippen LogP contribution in [0.1, 0.15) is 26.2 Å². The second kappa shape index (κ2) is 5.13. The molecule has 0 unspecified atom stereocenters. The largest absolute Gasteiger partial charge is 0.458 e. The molecule has 1 aliphatic heterocycles. The minimum absolute atomic E-state index is 0.277. The van der Waals surface area contributed by atoms with Crippen LogP contribution in [0, 0.1) is 5.92 Å². The van der Waals surface area contributed by atoms with Crippen LogP contribution in [-0.2, 0) is 14.3 Å². The Morgan fingerprint density at radius 1 is 1.58 bits per heavy atom. The quantitative estimate of drug-likeness (QED) is 0.338. The molecule has 1 aliphatic carbocycles. The van der Waals surface area contributed by atoms with Gasteiger partial charge in [0.25, 0.3) is 0 Å². The number of rotatable bonds is 1. The monoisotopic (exact) mass is 262 g/mol. The van der Waals surface area contributed by atoms with Gasteiger partial charge in [-0.25, -0.2) is 4.79 Å². The average Bonchev–Trinajstić information content (AvgIpc) is 2.61. The van der Waals surface area contributed by atoms with Crippen LogP contribution < -0.4 is 0 Å². The Balaban J connectivity index is 2.33. The summed E-state index contributed by atoms with van der Waals surface area (Å²) in [5.74, 6) is -0.704. The van der Waals surface area contributed by atoms with Crippen molar-refractivity contribution >= 4 is 12.3 Å². The number of carbonyl (C=O) groups excluding carboxylic acids is 2. The summed E-state index contributed by atoms with van der Waals surface area (Å²) in [5, 5.41) is 10.2. The normalized spacial score (nSPS) is 39.8. The van der Waals surface area contributed by atoms with Crippen LogP contribution in [0.5, 0.6) is 0 Å². The van der Waals surface area contributed by atoms with Gasteiger partial charge < -0.3 is 9.84 Å². The van der Waals surface area contributed by atoms with E-state index in [1.165, 1.54) is 0 Å². The number of allylic oxidation sites excluding steroid dienone is 1. The zero-order valence-corrected chi connectivity index (χ0v) is 11.0. The first-order chi connectivity index (χ1) is 8.93. The van der Waals surface area contributed by atoms with Crippen molar-refractivity contribution < 1.29 is 19.4 Å². The third-order valence-corrected chi connectivity index (χ3v) is 3.63. The first-order valence-corrected chi connectivity index (χ1v) is 6.39. The number of esters is 1. The van der Waals surface area contributed by atoms with Crippen molar-refractivity contribution in [2.24, 2.45) is 5.92 Å². The smallest absolute Gasteiger partial charge is 0.334 e. The predicted octanol–water partition coefficient (Wildman–Crippen LogP) is 1.70. The van der Waals surface area contributed by atoms with E-state index in [0.29, 0.717) is 30.4 Å². The van der Waals surface area contributed by atoms with Crippen LogP contribution >= 0.6 is 0 Å². The topological polar surface area (TPSA) is 63.6 Å². The van der Waals surface area contributed by atoms with E-state index < -0.39 is 17.7 Å². The van der Waals surface area contributed by atoms with E-state index >= 15 is 0 Å². The lowest BCUT2D eigenvalue weighted by Gasteiger charge is -2.22. The van der Waals surface area contributed by atoms with Gasteiger partial charge in [0, 0.05) is 17.9 Å². The highest BCUT2D eigenvalue weighted by atomic mass is 16.6. The molecule has 0 aromatic rings. The van der Waals surface area contributed by atoms with Gasteiger partial charge in [0.2, 0.25) is 0 Å². The minimum atomic E-state index is -0.960. The molecule has 1 N–H and O–H groups in total. The molecule has 102 valence electrons. The van der Waals surface area contributed by atoms with E-state index in [0.717, 1.165) is 6.29 Å². The molecular weight excluding hydrogens is 244 g/mol. The van der Waals surface area contributed by atoms with E-state index in [9.17, 15) is 14.7 Å². The molecule has 1 fully saturated rings. The van der Waals surface area contributed by atoms with Gasteiger partial charge in [-0.2, -0.15) is 0 Å². The van der Waals surface area contributed by atoms with E-state index in [1.807, 2.05) is 0 Å². The second-order valence-corrected chi connectivity index (χ2v) is 5.35. The Bertz CT molecular complexity index is 471. The van der Waals surface area contributed by atoms with Crippen molar-refractivity contribution in [1.82, 2.24) is 0 Å². The molecule has 19 heavy (non-hydrogen) atoms. The molecule has 0 bridgehead atoms. The lowest BCUT2D eigenvalue weighted by Crippen LogP contribution is -2.23. The number of aldehydes is 1. The fraction of sp³-hybridized carbons (Fsp3) is 0.467. The van der Waals surface area contributed by atoms with Gasteiger partial charge in [0.15, 0.2) is 0 Å². The second-order valence-electron chi connectivity index (χ2n) is 5.35. The van der Waals surface area contributed by atoms with E-state index in [-0.39, 0.29) is 5.92 Å². The summed E-state index contributed by atoms with van der Waals surface area (Å²) in [6.45, 7) is 5.43. The molecule has 0 saturated carbocycles. The molecule has 0 spiro atoms. The highest BCUT2D eigenvalue weighted by Gasteiger charge is 2.37. The molecule has 0 amide bonds. The number of ether oxygens (including phenoxy) is 1. The van der Waals surface area contributed by atoms with E-state index in [1.54, 1.807) is 25.2 Å². The van der Waals surface area contributed by atoms with Gasteiger partial charge in [0.1, 0.15) is 12.4 Å². The fourth-order valence-electron chi connectivity index (χ4n) is 2.41. The summed E-state index contributed by atoms with van der Waals surface area (Å²) in [6, 6.07) is 0. The Morgan fingerprint density at radius 3 is 3.00 bits per heavy atom. The summed E-state index contributed by atoms with van der Waals surface area (Å²) in [4.78, 5) is 22.6. The number of hydrogen-bond donors (Lipinski definition) is 1. The van der Waals surface area contributed by atoms with Crippen molar-refractivity contribution in [3.05, 3.63) is 36.0 Å². The first kappa shape index (κ1) is 13.7. The third-order valence-electron chi connectivity index (χ3n) is 3.63. The van der Waals surface area contributed by atoms with Crippen LogP contribution in [0.15, 0.2) is 36.0 Å². The summed E-state index contributed by atoms with van der Waals surface area (Å²) in [7, 11) is 0. The number of aliphatic hydroxyl groups is 1. The molecular formula is C15H18O4. The zero-order valence-electron chi connectivity index (χ0n) is 11.0. The zero-order chi connectivity index (χ0) is 14.0. The summed E-state index contributed by atoms with van der Waals surface area (Å²) in [6.07, 6.45) is 7.17. The van der Waals surface area contributed by atoms with Crippen molar-refractivity contribution in [1.29, 1.82) is 0 Å². The van der Waals surface area contributed by atoms with Crippen LogP contribution in [0.3, 0.4) is 0 Å². The molecule has 3 atom stereocenters. The van der Waals surface area contributed by atoms with E-state index in [2.05, 4.69) is 6.58 Å². The van der Waals surface area contributed by atoms with Crippen molar-refractivity contribution in [2.45, 2.75) is 37.9 Å². The number of hydrogen-bond acceptors (Lipinski definition) is 4. The fourth-order valence-corrected chi connectivity index (χ4v) is 2.41.